The SMILES string of the molecule is COc1cc2c(cc1OC)C(Cc1cc(OC)c(OC)c(OC)c1)N(CCNC(=O)NC1(C)C=Cc3ccccc3N1)CC2. The van der Waals surface area contributed by atoms with Gasteiger partial charge in [-0.3, -0.25) is 4.90 Å². The van der Waals surface area contributed by atoms with Crippen molar-refractivity contribution in [3.63, 3.8) is 0 Å². The maximum absolute atomic E-state index is 13.0. The molecule has 10 heteroatoms. The van der Waals surface area contributed by atoms with Crippen LogP contribution in [0.25, 0.3) is 6.08 Å². The minimum atomic E-state index is -0.701. The number of hydrogen-bond acceptors (Lipinski definition) is 8. The molecule has 2 aliphatic heterocycles. The Morgan fingerprint density at radius 3 is 2.30 bits per heavy atom. The molecule has 0 aliphatic carbocycles. The molecular formula is C34H42N4O6. The van der Waals surface area contributed by atoms with Gasteiger partial charge in [-0.1, -0.05) is 24.3 Å². The number of benzene rings is 3. The van der Waals surface area contributed by atoms with E-state index in [4.69, 9.17) is 23.7 Å². The number of hydrogen-bond donors (Lipinski definition) is 3. The summed E-state index contributed by atoms with van der Waals surface area (Å²) >= 11 is 0. The van der Waals surface area contributed by atoms with Gasteiger partial charge in [0.05, 0.1) is 35.5 Å². The molecule has 0 spiro atoms. The molecule has 0 aromatic heterocycles. The molecule has 234 valence electrons. The summed E-state index contributed by atoms with van der Waals surface area (Å²) in [6.07, 6.45) is 5.51. The molecule has 2 atom stereocenters. The van der Waals surface area contributed by atoms with Crippen molar-refractivity contribution in [1.82, 2.24) is 15.5 Å². The lowest BCUT2D eigenvalue weighted by atomic mass is 9.88. The van der Waals surface area contributed by atoms with E-state index in [9.17, 15) is 4.79 Å². The second-order valence-electron chi connectivity index (χ2n) is 11.1. The number of amides is 2. The zero-order valence-corrected chi connectivity index (χ0v) is 26.3. The number of nitrogens with one attached hydrogen (secondary N) is 3. The number of carbonyl (C=O) groups is 1. The Balaban J connectivity index is 1.34. The number of methoxy groups -OCH3 is 5. The number of carbonyl (C=O) groups excluding carboxylic acids is 1. The summed E-state index contributed by atoms with van der Waals surface area (Å²) in [5.41, 5.74) is 4.77. The topological polar surface area (TPSA) is 103 Å². The maximum atomic E-state index is 13.0. The van der Waals surface area contributed by atoms with E-state index in [1.807, 2.05) is 55.5 Å². The highest BCUT2D eigenvalue weighted by molar-refractivity contribution is 5.79. The number of nitrogens with zero attached hydrogens (tertiary/aromatic N) is 1. The average Bonchev–Trinajstić information content (AvgIpc) is 3.04. The highest BCUT2D eigenvalue weighted by Crippen LogP contribution is 2.42. The molecule has 2 amide bonds. The molecule has 10 nitrogen and oxygen atoms in total. The van der Waals surface area contributed by atoms with Crippen molar-refractivity contribution >= 4 is 17.8 Å². The first-order valence-corrected chi connectivity index (χ1v) is 14.7. The predicted molar refractivity (Wildman–Crippen MR) is 171 cm³/mol. The Bertz CT molecular complexity index is 1500. The van der Waals surface area contributed by atoms with Crippen LogP contribution in [0.4, 0.5) is 10.5 Å². The Labute approximate surface area is 259 Å². The van der Waals surface area contributed by atoms with Crippen LogP contribution in [-0.4, -0.2) is 71.8 Å². The van der Waals surface area contributed by atoms with Crippen LogP contribution in [0.1, 0.15) is 35.2 Å². The lowest BCUT2D eigenvalue weighted by molar-refractivity contribution is 0.181. The van der Waals surface area contributed by atoms with Gasteiger partial charge in [-0.25, -0.2) is 4.79 Å². The van der Waals surface area contributed by atoms with Crippen LogP contribution in [0.5, 0.6) is 28.7 Å². The molecule has 0 radical (unpaired) electrons. The van der Waals surface area contributed by atoms with Gasteiger partial charge in [-0.15, -0.1) is 0 Å². The molecule has 0 saturated carbocycles. The second-order valence-corrected chi connectivity index (χ2v) is 11.1. The number of para-hydroxylation sites is 1. The van der Waals surface area contributed by atoms with Crippen molar-refractivity contribution in [2.75, 3.05) is 60.5 Å². The van der Waals surface area contributed by atoms with Crippen molar-refractivity contribution in [2.24, 2.45) is 0 Å². The molecule has 0 fully saturated rings. The fourth-order valence-corrected chi connectivity index (χ4v) is 6.06. The van der Waals surface area contributed by atoms with Crippen LogP contribution < -0.4 is 39.6 Å². The normalized spacial score (nSPS) is 18.7. The summed E-state index contributed by atoms with van der Waals surface area (Å²) in [5.74, 6) is 3.17. The predicted octanol–water partition coefficient (Wildman–Crippen LogP) is 5.03. The first-order valence-electron chi connectivity index (χ1n) is 14.7. The van der Waals surface area contributed by atoms with Crippen molar-refractivity contribution in [3.8, 4) is 28.7 Å². The molecule has 0 bridgehead atoms. The van der Waals surface area contributed by atoms with Crippen LogP contribution in [0.3, 0.4) is 0 Å². The maximum Gasteiger partial charge on any atom is 0.316 e. The minimum Gasteiger partial charge on any atom is -0.493 e. The van der Waals surface area contributed by atoms with Crippen LogP contribution in [0.2, 0.25) is 0 Å². The van der Waals surface area contributed by atoms with Crippen molar-refractivity contribution in [2.45, 2.75) is 31.5 Å². The third kappa shape index (κ3) is 6.50. The van der Waals surface area contributed by atoms with E-state index >= 15 is 0 Å². The van der Waals surface area contributed by atoms with Gasteiger partial charge in [0.2, 0.25) is 5.75 Å². The molecule has 44 heavy (non-hydrogen) atoms. The molecule has 5 rings (SSSR count). The van der Waals surface area contributed by atoms with Gasteiger partial charge in [0.1, 0.15) is 5.66 Å². The van der Waals surface area contributed by atoms with Crippen LogP contribution >= 0.6 is 0 Å². The van der Waals surface area contributed by atoms with Crippen LogP contribution in [0, 0.1) is 0 Å². The molecule has 2 heterocycles. The van der Waals surface area contributed by atoms with Crippen LogP contribution in [0.15, 0.2) is 54.6 Å². The van der Waals surface area contributed by atoms with Gasteiger partial charge in [-0.05, 0) is 78.4 Å². The quantitative estimate of drug-likeness (QED) is 0.281. The first kappa shape index (κ1) is 30.9. The number of urea groups is 1. The fourth-order valence-electron chi connectivity index (χ4n) is 6.06. The minimum absolute atomic E-state index is 0.00295. The van der Waals surface area contributed by atoms with Crippen molar-refractivity contribution in [1.29, 1.82) is 0 Å². The summed E-state index contributed by atoms with van der Waals surface area (Å²) in [5, 5.41) is 9.54. The van der Waals surface area contributed by atoms with E-state index in [1.165, 1.54) is 5.56 Å². The Kier molecular flexibility index (Phi) is 9.39. The number of fused-ring (bicyclic) bond motifs is 2. The Morgan fingerprint density at radius 1 is 0.932 bits per heavy atom. The van der Waals surface area contributed by atoms with E-state index in [0.717, 1.165) is 35.3 Å². The van der Waals surface area contributed by atoms with E-state index in [1.54, 1.807) is 35.5 Å². The average molecular weight is 603 g/mol. The highest BCUT2D eigenvalue weighted by atomic mass is 16.5. The van der Waals surface area contributed by atoms with E-state index in [2.05, 4.69) is 33.0 Å². The molecule has 3 N–H and O–H groups in total. The van der Waals surface area contributed by atoms with Crippen molar-refractivity contribution in [3.05, 3.63) is 76.9 Å². The summed E-state index contributed by atoms with van der Waals surface area (Å²) in [4.78, 5) is 15.4. The molecule has 0 saturated heterocycles. The van der Waals surface area contributed by atoms with Crippen LogP contribution in [-0.2, 0) is 12.8 Å². The van der Waals surface area contributed by atoms with Gasteiger partial charge in [0.25, 0.3) is 0 Å². The second kappa shape index (κ2) is 13.4. The summed E-state index contributed by atoms with van der Waals surface area (Å²) < 4.78 is 28.1. The van der Waals surface area contributed by atoms with Gasteiger partial charge in [-0.2, -0.15) is 0 Å². The third-order valence-corrected chi connectivity index (χ3v) is 8.28. The smallest absolute Gasteiger partial charge is 0.316 e. The van der Waals surface area contributed by atoms with E-state index in [-0.39, 0.29) is 12.1 Å². The van der Waals surface area contributed by atoms with Crippen molar-refractivity contribution < 1.29 is 28.5 Å². The molecular weight excluding hydrogens is 560 g/mol. The molecule has 3 aromatic carbocycles. The zero-order chi connectivity index (χ0) is 31.3. The fraction of sp³-hybridized carbons (Fsp3) is 0.382. The highest BCUT2D eigenvalue weighted by Gasteiger charge is 2.31. The number of anilines is 1. The largest absolute Gasteiger partial charge is 0.493 e. The standard InChI is InChI=1S/C34H42N4O6/c1-34(13-11-23-9-7-8-10-26(23)36-34)37-33(39)35-14-16-38-15-12-24-20-28(40-2)29(41-3)21-25(24)27(38)17-22-18-30(42-4)32(44-6)31(19-22)43-5/h7-11,13,18-21,27,36H,12,14-17H2,1-6H3,(H2,35,37,39). The van der Waals surface area contributed by atoms with E-state index < -0.39 is 5.66 Å². The van der Waals surface area contributed by atoms with E-state index in [0.29, 0.717) is 48.3 Å². The summed E-state index contributed by atoms with van der Waals surface area (Å²) in [6, 6.07) is 15.9. The zero-order valence-electron chi connectivity index (χ0n) is 26.3. The van der Waals surface area contributed by atoms with Gasteiger partial charge >= 0.3 is 6.03 Å². The number of ether oxygens (including phenoxy) is 5. The Morgan fingerprint density at radius 2 is 1.61 bits per heavy atom. The number of rotatable bonds is 11. The third-order valence-electron chi connectivity index (χ3n) is 8.28. The molecule has 2 unspecified atom stereocenters. The molecule has 3 aromatic rings. The lowest BCUT2D eigenvalue weighted by Gasteiger charge is -2.38. The Hall–Kier alpha value is -4.57. The van der Waals surface area contributed by atoms with Gasteiger partial charge in [0, 0.05) is 31.4 Å². The van der Waals surface area contributed by atoms with Gasteiger partial charge < -0.3 is 39.6 Å². The molecule has 2 aliphatic rings. The lowest BCUT2D eigenvalue weighted by Crippen LogP contribution is -2.55. The first-order chi connectivity index (χ1) is 21.3. The van der Waals surface area contributed by atoms with Gasteiger partial charge in [0.15, 0.2) is 23.0 Å². The summed E-state index contributed by atoms with van der Waals surface area (Å²) in [6.45, 7) is 3.88. The monoisotopic (exact) mass is 602 g/mol. The summed E-state index contributed by atoms with van der Waals surface area (Å²) in [7, 11) is 8.14.